The monoisotopic (exact) mass is 191 g/mol. The van der Waals surface area contributed by atoms with Gasteiger partial charge in [-0.25, -0.2) is 0 Å². The van der Waals surface area contributed by atoms with Crippen molar-refractivity contribution in [2.45, 2.75) is 32.4 Å². The van der Waals surface area contributed by atoms with Crippen molar-refractivity contribution < 1.29 is 4.74 Å². The van der Waals surface area contributed by atoms with E-state index in [4.69, 9.17) is 4.74 Å². The van der Waals surface area contributed by atoms with Crippen LogP contribution in [0.5, 0.6) is 5.75 Å². The summed E-state index contributed by atoms with van der Waals surface area (Å²) in [4.78, 5) is 0. The van der Waals surface area contributed by atoms with E-state index in [1.807, 2.05) is 7.05 Å². The summed E-state index contributed by atoms with van der Waals surface area (Å²) >= 11 is 0. The van der Waals surface area contributed by atoms with Crippen LogP contribution in [0.3, 0.4) is 0 Å². The van der Waals surface area contributed by atoms with E-state index in [0.29, 0.717) is 6.10 Å². The molecule has 0 aliphatic carbocycles. The Morgan fingerprint density at radius 1 is 1.50 bits per heavy atom. The molecule has 0 fully saturated rings. The summed E-state index contributed by atoms with van der Waals surface area (Å²) in [6.07, 6.45) is 2.65. The fourth-order valence-electron chi connectivity index (χ4n) is 1.89. The highest BCUT2D eigenvalue weighted by Crippen LogP contribution is 2.28. The fourth-order valence-corrected chi connectivity index (χ4v) is 1.89. The number of hydrogen-bond donors (Lipinski definition) is 1. The average Bonchev–Trinajstić information content (AvgIpc) is 2.19. The molecule has 0 bridgehead atoms. The van der Waals surface area contributed by atoms with Gasteiger partial charge in [-0.05, 0) is 44.0 Å². The maximum absolute atomic E-state index is 5.74. The molecular formula is C12H17NO. The number of hydrogen-bond acceptors (Lipinski definition) is 2. The van der Waals surface area contributed by atoms with Crippen LogP contribution in [0.2, 0.25) is 0 Å². The maximum atomic E-state index is 5.74. The number of benzene rings is 1. The van der Waals surface area contributed by atoms with Crippen LogP contribution in [0, 0.1) is 0 Å². The molecule has 1 heterocycles. The van der Waals surface area contributed by atoms with Crippen LogP contribution >= 0.6 is 0 Å². The standard InChI is InChI=1S/C12H17NO/c1-9-3-5-11-7-10(8-13-2)4-6-12(11)14-9/h4,6-7,9,13H,3,5,8H2,1-2H3. The smallest absolute Gasteiger partial charge is 0.122 e. The minimum Gasteiger partial charge on any atom is -0.490 e. The summed E-state index contributed by atoms with van der Waals surface area (Å²) in [7, 11) is 1.97. The summed E-state index contributed by atoms with van der Waals surface area (Å²) in [5, 5.41) is 3.16. The van der Waals surface area contributed by atoms with Crippen molar-refractivity contribution in [2.75, 3.05) is 7.05 Å². The second-order valence-corrected chi connectivity index (χ2v) is 3.94. The molecule has 0 radical (unpaired) electrons. The molecule has 0 saturated carbocycles. The van der Waals surface area contributed by atoms with Gasteiger partial charge in [-0.15, -0.1) is 0 Å². The average molecular weight is 191 g/mol. The van der Waals surface area contributed by atoms with Crippen molar-refractivity contribution in [3.8, 4) is 5.75 Å². The van der Waals surface area contributed by atoms with E-state index in [1.165, 1.54) is 11.1 Å². The van der Waals surface area contributed by atoms with Crippen molar-refractivity contribution >= 4 is 0 Å². The topological polar surface area (TPSA) is 21.3 Å². The predicted octanol–water partition coefficient (Wildman–Crippen LogP) is 2.12. The van der Waals surface area contributed by atoms with Gasteiger partial charge in [0.2, 0.25) is 0 Å². The lowest BCUT2D eigenvalue weighted by molar-refractivity contribution is 0.192. The first-order valence-electron chi connectivity index (χ1n) is 5.22. The van der Waals surface area contributed by atoms with Crippen LogP contribution in [0.25, 0.3) is 0 Å². The van der Waals surface area contributed by atoms with Crippen LogP contribution in [-0.4, -0.2) is 13.2 Å². The summed E-state index contributed by atoms with van der Waals surface area (Å²) in [6, 6.07) is 6.47. The molecule has 14 heavy (non-hydrogen) atoms. The van der Waals surface area contributed by atoms with Crippen LogP contribution in [0.15, 0.2) is 18.2 Å². The highest BCUT2D eigenvalue weighted by Gasteiger charge is 2.15. The van der Waals surface area contributed by atoms with Gasteiger partial charge >= 0.3 is 0 Å². The zero-order chi connectivity index (χ0) is 9.97. The van der Waals surface area contributed by atoms with Gasteiger partial charge < -0.3 is 10.1 Å². The quantitative estimate of drug-likeness (QED) is 0.773. The van der Waals surface area contributed by atoms with E-state index in [-0.39, 0.29) is 0 Å². The molecule has 1 aromatic rings. The fraction of sp³-hybridized carbons (Fsp3) is 0.500. The highest BCUT2D eigenvalue weighted by molar-refractivity contribution is 5.38. The number of fused-ring (bicyclic) bond motifs is 1. The third kappa shape index (κ3) is 1.90. The van der Waals surface area contributed by atoms with Crippen molar-refractivity contribution in [1.29, 1.82) is 0 Å². The first-order valence-corrected chi connectivity index (χ1v) is 5.22. The minimum absolute atomic E-state index is 0.373. The van der Waals surface area contributed by atoms with Crippen LogP contribution in [0.1, 0.15) is 24.5 Å². The summed E-state index contributed by atoms with van der Waals surface area (Å²) < 4.78 is 5.74. The molecule has 76 valence electrons. The first kappa shape index (κ1) is 9.53. The first-order chi connectivity index (χ1) is 6.79. The van der Waals surface area contributed by atoms with Crippen molar-refractivity contribution in [1.82, 2.24) is 5.32 Å². The molecule has 1 aliphatic heterocycles. The molecule has 2 nitrogen and oxygen atoms in total. The lowest BCUT2D eigenvalue weighted by Crippen LogP contribution is -2.19. The number of rotatable bonds is 2. The van der Waals surface area contributed by atoms with Gasteiger partial charge in [0.25, 0.3) is 0 Å². The lowest BCUT2D eigenvalue weighted by atomic mass is 10.0. The van der Waals surface area contributed by atoms with Gasteiger partial charge in [0.1, 0.15) is 5.75 Å². The third-order valence-electron chi connectivity index (χ3n) is 2.65. The van der Waals surface area contributed by atoms with Gasteiger partial charge in [-0.3, -0.25) is 0 Å². The second-order valence-electron chi connectivity index (χ2n) is 3.94. The Bertz CT molecular complexity index is 322. The Morgan fingerprint density at radius 2 is 2.36 bits per heavy atom. The van der Waals surface area contributed by atoms with E-state index in [1.54, 1.807) is 0 Å². The molecule has 1 unspecified atom stereocenters. The van der Waals surface area contributed by atoms with Crippen molar-refractivity contribution in [3.63, 3.8) is 0 Å². The molecule has 1 N–H and O–H groups in total. The Balaban J connectivity index is 2.22. The zero-order valence-corrected chi connectivity index (χ0v) is 8.84. The Morgan fingerprint density at radius 3 is 3.14 bits per heavy atom. The summed E-state index contributed by atoms with van der Waals surface area (Å²) in [5.74, 6) is 1.07. The van der Waals surface area contributed by atoms with Crippen LogP contribution in [-0.2, 0) is 13.0 Å². The Labute approximate surface area is 85.3 Å². The van der Waals surface area contributed by atoms with Crippen LogP contribution < -0.4 is 10.1 Å². The van der Waals surface area contributed by atoms with E-state index in [9.17, 15) is 0 Å². The van der Waals surface area contributed by atoms with Crippen molar-refractivity contribution in [2.24, 2.45) is 0 Å². The number of ether oxygens (including phenoxy) is 1. The SMILES string of the molecule is CNCc1ccc2c(c1)CCC(C)O2. The van der Waals surface area contributed by atoms with Gasteiger partial charge in [-0.2, -0.15) is 0 Å². The molecule has 2 heteroatoms. The molecule has 1 aromatic carbocycles. The normalized spacial score (nSPS) is 20.0. The molecule has 2 rings (SSSR count). The second kappa shape index (κ2) is 4.01. The van der Waals surface area contributed by atoms with Gasteiger partial charge in [0, 0.05) is 6.54 Å². The Kier molecular flexibility index (Phi) is 2.73. The third-order valence-corrected chi connectivity index (χ3v) is 2.65. The van der Waals surface area contributed by atoms with E-state index in [0.717, 1.165) is 25.1 Å². The molecule has 1 atom stereocenters. The summed E-state index contributed by atoms with van der Waals surface area (Å²) in [5.41, 5.74) is 2.69. The largest absolute Gasteiger partial charge is 0.490 e. The molecular weight excluding hydrogens is 174 g/mol. The zero-order valence-electron chi connectivity index (χ0n) is 8.84. The highest BCUT2D eigenvalue weighted by atomic mass is 16.5. The maximum Gasteiger partial charge on any atom is 0.122 e. The Hall–Kier alpha value is -1.02. The van der Waals surface area contributed by atoms with Crippen molar-refractivity contribution in [3.05, 3.63) is 29.3 Å². The van der Waals surface area contributed by atoms with Gasteiger partial charge in [-0.1, -0.05) is 12.1 Å². The van der Waals surface area contributed by atoms with Gasteiger partial charge in [0.15, 0.2) is 0 Å². The molecule has 0 aromatic heterocycles. The molecule has 0 spiro atoms. The molecule has 0 saturated heterocycles. The minimum atomic E-state index is 0.373. The number of nitrogens with one attached hydrogen (secondary N) is 1. The summed E-state index contributed by atoms with van der Waals surface area (Å²) in [6.45, 7) is 3.06. The molecule has 0 amide bonds. The number of aryl methyl sites for hydroxylation is 1. The van der Waals surface area contributed by atoms with Crippen LogP contribution in [0.4, 0.5) is 0 Å². The van der Waals surface area contributed by atoms with E-state index >= 15 is 0 Å². The van der Waals surface area contributed by atoms with Gasteiger partial charge in [0.05, 0.1) is 6.10 Å². The predicted molar refractivity (Wildman–Crippen MR) is 57.6 cm³/mol. The lowest BCUT2D eigenvalue weighted by Gasteiger charge is -2.23. The molecule has 1 aliphatic rings. The van der Waals surface area contributed by atoms with E-state index < -0.39 is 0 Å². The van der Waals surface area contributed by atoms with E-state index in [2.05, 4.69) is 30.4 Å².